The predicted molar refractivity (Wildman–Crippen MR) is 102 cm³/mol. The molecule has 4 rings (SSSR count). The number of rotatable bonds is 5. The lowest BCUT2D eigenvalue weighted by Gasteiger charge is -2.37. The molecule has 0 spiro atoms. The number of hydrogen-bond donors (Lipinski definition) is 0. The number of aromatic nitrogens is 1. The molecule has 0 radical (unpaired) electrons. The molecular formula is C20H25F3N2O4S. The van der Waals surface area contributed by atoms with Crippen LogP contribution in [0.1, 0.15) is 45.1 Å². The molecule has 2 aliphatic carbocycles. The molecule has 0 aromatic carbocycles. The Balaban J connectivity index is 1.45. The summed E-state index contributed by atoms with van der Waals surface area (Å²) in [6.45, 7) is 4.22. The highest BCUT2D eigenvalue weighted by molar-refractivity contribution is 7.89. The molecule has 0 N–H and O–H groups in total. The molecule has 0 amide bonds. The van der Waals surface area contributed by atoms with E-state index in [-0.39, 0.29) is 41.8 Å². The third-order valence-electron chi connectivity index (χ3n) is 7.42. The summed E-state index contributed by atoms with van der Waals surface area (Å²) in [4.78, 5) is 16.5. The molecule has 2 heterocycles. The van der Waals surface area contributed by atoms with Crippen molar-refractivity contribution in [3.05, 3.63) is 23.9 Å². The van der Waals surface area contributed by atoms with E-state index in [1.54, 1.807) is 0 Å². The first-order valence-electron chi connectivity index (χ1n) is 10.1. The molecule has 1 aliphatic heterocycles. The van der Waals surface area contributed by atoms with E-state index in [1.807, 2.05) is 13.8 Å². The first-order valence-corrected chi connectivity index (χ1v) is 11.7. The number of nitrogens with zero attached hydrogens (tertiary/aromatic N) is 2. The maximum absolute atomic E-state index is 13.1. The molecule has 1 aromatic heterocycles. The Labute approximate surface area is 173 Å². The Hall–Kier alpha value is -1.68. The van der Waals surface area contributed by atoms with Crippen molar-refractivity contribution in [1.82, 2.24) is 9.29 Å². The molecule has 3 atom stereocenters. The minimum atomic E-state index is -4.51. The number of hydrogen-bond acceptors (Lipinski definition) is 5. The number of pyridine rings is 1. The average molecular weight is 446 g/mol. The highest BCUT2D eigenvalue weighted by atomic mass is 32.2. The number of carbonyl (C=O) groups is 1. The zero-order valence-electron chi connectivity index (χ0n) is 16.9. The van der Waals surface area contributed by atoms with Crippen LogP contribution in [0.3, 0.4) is 0 Å². The third-order valence-corrected chi connectivity index (χ3v) is 9.39. The standard InChI is InChI=1S/C20H25F3N2O4S/c1-18(2)13-3-6-19(18,16(26)9-13)12-30(27,28)25-8-5-15(11-25)29-17-10-14(4-7-24-17)20(21,22)23/h4,7,10,13,15H,3,5-6,8-9,11-12H2,1-2H3. The van der Waals surface area contributed by atoms with E-state index < -0.39 is 33.3 Å². The summed E-state index contributed by atoms with van der Waals surface area (Å²) in [5.74, 6) is -0.135. The fourth-order valence-corrected chi connectivity index (χ4v) is 7.64. The van der Waals surface area contributed by atoms with Crippen molar-refractivity contribution in [3.8, 4) is 5.88 Å². The van der Waals surface area contributed by atoms with E-state index in [0.717, 1.165) is 24.8 Å². The number of fused-ring (bicyclic) bond motifs is 2. The summed E-state index contributed by atoms with van der Waals surface area (Å²) in [6.07, 6.45) is -1.83. The fourth-order valence-electron chi connectivity index (χ4n) is 5.38. The first kappa shape index (κ1) is 21.5. The van der Waals surface area contributed by atoms with Gasteiger partial charge in [-0.3, -0.25) is 4.79 Å². The average Bonchev–Trinajstić information content (AvgIpc) is 3.25. The number of halogens is 3. The molecule has 10 heteroatoms. The van der Waals surface area contributed by atoms with Crippen LogP contribution in [0.5, 0.6) is 5.88 Å². The fraction of sp³-hybridized carbons (Fsp3) is 0.700. The molecule has 1 saturated heterocycles. The van der Waals surface area contributed by atoms with Crippen LogP contribution in [0.2, 0.25) is 0 Å². The quantitative estimate of drug-likeness (QED) is 0.694. The number of alkyl halides is 3. The second-order valence-corrected chi connectivity index (χ2v) is 11.2. The Kier molecular flexibility index (Phi) is 4.97. The summed E-state index contributed by atoms with van der Waals surface area (Å²) in [5.41, 5.74) is -2.07. The van der Waals surface area contributed by atoms with Gasteiger partial charge in [0.2, 0.25) is 15.9 Å². The van der Waals surface area contributed by atoms with Crippen LogP contribution in [0, 0.1) is 16.7 Å². The van der Waals surface area contributed by atoms with E-state index >= 15 is 0 Å². The molecule has 3 aliphatic rings. The first-order chi connectivity index (χ1) is 13.8. The Morgan fingerprint density at radius 3 is 2.63 bits per heavy atom. The SMILES string of the molecule is CC1(C)C2CCC1(CS(=O)(=O)N1CCC(Oc3cc(C(F)(F)F)ccn3)C1)C(=O)C2. The lowest BCUT2D eigenvalue weighted by Crippen LogP contribution is -2.46. The minimum absolute atomic E-state index is 0.0347. The van der Waals surface area contributed by atoms with Gasteiger partial charge in [0.15, 0.2) is 0 Å². The van der Waals surface area contributed by atoms with Crippen molar-refractivity contribution >= 4 is 15.8 Å². The molecule has 3 unspecified atom stereocenters. The van der Waals surface area contributed by atoms with Crippen molar-refractivity contribution in [3.63, 3.8) is 0 Å². The topological polar surface area (TPSA) is 76.6 Å². The molecule has 2 saturated carbocycles. The van der Waals surface area contributed by atoms with Crippen LogP contribution in [0.4, 0.5) is 13.2 Å². The maximum atomic E-state index is 13.1. The monoisotopic (exact) mass is 446 g/mol. The van der Waals surface area contributed by atoms with Gasteiger partial charge in [-0.1, -0.05) is 13.8 Å². The number of Topliss-reactive ketones (excluding diaryl/α,β-unsaturated/α-hetero) is 1. The summed E-state index contributed by atoms with van der Waals surface area (Å²) < 4.78 is 71.7. The van der Waals surface area contributed by atoms with Gasteiger partial charge in [-0.25, -0.2) is 13.4 Å². The van der Waals surface area contributed by atoms with Crippen molar-refractivity contribution < 1.29 is 31.1 Å². The minimum Gasteiger partial charge on any atom is -0.473 e. The molecule has 30 heavy (non-hydrogen) atoms. The zero-order valence-corrected chi connectivity index (χ0v) is 17.7. The van der Waals surface area contributed by atoms with Crippen LogP contribution in [-0.4, -0.2) is 48.4 Å². The Bertz CT molecular complexity index is 963. The molecule has 2 bridgehead atoms. The van der Waals surface area contributed by atoms with Crippen LogP contribution in [0.15, 0.2) is 18.3 Å². The lowest BCUT2D eigenvalue weighted by atomic mass is 9.70. The number of ketones is 1. The highest BCUT2D eigenvalue weighted by Crippen LogP contribution is 2.64. The summed E-state index contributed by atoms with van der Waals surface area (Å²) >= 11 is 0. The molecule has 3 fully saturated rings. The Morgan fingerprint density at radius 1 is 1.30 bits per heavy atom. The zero-order chi connectivity index (χ0) is 21.9. The van der Waals surface area contributed by atoms with Crippen LogP contribution >= 0.6 is 0 Å². The van der Waals surface area contributed by atoms with Gasteiger partial charge in [0.1, 0.15) is 11.9 Å². The second-order valence-electron chi connectivity index (χ2n) is 9.19. The normalized spacial score (nSPS) is 31.4. The number of sulfonamides is 1. The summed E-state index contributed by atoms with van der Waals surface area (Å²) in [6, 6.07) is 1.67. The molecule has 166 valence electrons. The maximum Gasteiger partial charge on any atom is 0.416 e. The smallest absolute Gasteiger partial charge is 0.416 e. The van der Waals surface area contributed by atoms with Crippen molar-refractivity contribution in [2.45, 2.75) is 51.8 Å². The van der Waals surface area contributed by atoms with E-state index in [4.69, 9.17) is 4.74 Å². The summed E-state index contributed by atoms with van der Waals surface area (Å²) in [7, 11) is -3.72. The van der Waals surface area contributed by atoms with Crippen molar-refractivity contribution in [2.75, 3.05) is 18.8 Å². The second kappa shape index (κ2) is 6.91. The van der Waals surface area contributed by atoms with Gasteiger partial charge in [0, 0.05) is 30.6 Å². The van der Waals surface area contributed by atoms with Gasteiger partial charge in [0.05, 0.1) is 17.9 Å². The van der Waals surface area contributed by atoms with Gasteiger partial charge in [0.25, 0.3) is 0 Å². The largest absolute Gasteiger partial charge is 0.473 e. The molecule has 1 aromatic rings. The van der Waals surface area contributed by atoms with Crippen molar-refractivity contribution in [2.24, 2.45) is 16.7 Å². The number of ether oxygens (including phenoxy) is 1. The van der Waals surface area contributed by atoms with E-state index in [2.05, 4.69) is 4.98 Å². The third kappa shape index (κ3) is 3.41. The lowest BCUT2D eigenvalue weighted by molar-refractivity contribution is -0.137. The van der Waals surface area contributed by atoms with Gasteiger partial charge in [-0.05, 0) is 36.7 Å². The highest BCUT2D eigenvalue weighted by Gasteiger charge is 2.65. The van der Waals surface area contributed by atoms with Gasteiger partial charge < -0.3 is 4.74 Å². The van der Waals surface area contributed by atoms with Crippen LogP contribution < -0.4 is 4.74 Å². The summed E-state index contributed by atoms with van der Waals surface area (Å²) in [5, 5.41) is 0. The predicted octanol–water partition coefficient (Wildman–Crippen LogP) is 3.28. The Morgan fingerprint density at radius 2 is 2.03 bits per heavy atom. The van der Waals surface area contributed by atoms with Gasteiger partial charge in [-0.2, -0.15) is 17.5 Å². The van der Waals surface area contributed by atoms with Crippen molar-refractivity contribution in [1.29, 1.82) is 0 Å². The van der Waals surface area contributed by atoms with Crippen LogP contribution in [0.25, 0.3) is 0 Å². The van der Waals surface area contributed by atoms with Gasteiger partial charge in [-0.15, -0.1) is 0 Å². The van der Waals surface area contributed by atoms with E-state index in [1.165, 1.54) is 4.31 Å². The number of carbonyl (C=O) groups excluding carboxylic acids is 1. The van der Waals surface area contributed by atoms with Gasteiger partial charge >= 0.3 is 6.18 Å². The molecule has 6 nitrogen and oxygen atoms in total. The van der Waals surface area contributed by atoms with Crippen LogP contribution in [-0.2, 0) is 21.0 Å². The van der Waals surface area contributed by atoms with E-state index in [0.29, 0.717) is 19.3 Å². The molecular weight excluding hydrogens is 421 g/mol. The van der Waals surface area contributed by atoms with E-state index in [9.17, 15) is 26.4 Å².